The standard InChI is InChI=1S/C29H19N3O4/c1-35-26-11-4-5-12-27(26)36-20-13-14-21-22(16-20)29(34)32(28(21)33)19-8-6-7-18(15-19)25-17-30-23-9-2-3-10-24(23)31-25/h2-17H,1H3. The van der Waals surface area contributed by atoms with Crippen molar-refractivity contribution >= 4 is 28.5 Å². The molecular weight excluding hydrogens is 454 g/mol. The topological polar surface area (TPSA) is 81.6 Å². The third kappa shape index (κ3) is 3.63. The molecule has 1 aromatic heterocycles. The van der Waals surface area contributed by atoms with Crippen LogP contribution >= 0.6 is 0 Å². The van der Waals surface area contributed by atoms with Crippen LogP contribution in [0.15, 0.2) is 97.2 Å². The number of benzene rings is 4. The zero-order valence-corrected chi connectivity index (χ0v) is 19.2. The molecule has 174 valence electrons. The van der Waals surface area contributed by atoms with Crippen LogP contribution in [0.4, 0.5) is 5.69 Å². The van der Waals surface area contributed by atoms with Gasteiger partial charge in [0.05, 0.1) is 46.8 Å². The first-order chi connectivity index (χ1) is 17.6. The third-order valence-corrected chi connectivity index (χ3v) is 6.00. The highest BCUT2D eigenvalue weighted by atomic mass is 16.5. The van der Waals surface area contributed by atoms with Crippen molar-refractivity contribution < 1.29 is 19.1 Å². The number of ether oxygens (including phenoxy) is 2. The van der Waals surface area contributed by atoms with E-state index in [2.05, 4.69) is 9.97 Å². The van der Waals surface area contributed by atoms with E-state index >= 15 is 0 Å². The molecule has 0 fully saturated rings. The van der Waals surface area contributed by atoms with Crippen molar-refractivity contribution in [2.45, 2.75) is 0 Å². The fourth-order valence-corrected chi connectivity index (χ4v) is 4.25. The Morgan fingerprint density at radius 1 is 0.722 bits per heavy atom. The predicted octanol–water partition coefficient (Wildman–Crippen LogP) is 5.90. The monoisotopic (exact) mass is 473 g/mol. The van der Waals surface area contributed by atoms with Crippen LogP contribution in [0.25, 0.3) is 22.3 Å². The van der Waals surface area contributed by atoms with Crippen molar-refractivity contribution in [1.29, 1.82) is 0 Å². The molecule has 0 N–H and O–H groups in total. The minimum Gasteiger partial charge on any atom is -0.493 e. The summed E-state index contributed by atoms with van der Waals surface area (Å²) < 4.78 is 11.3. The average molecular weight is 473 g/mol. The summed E-state index contributed by atoms with van der Waals surface area (Å²) in [5.41, 5.74) is 4.03. The zero-order valence-electron chi connectivity index (χ0n) is 19.2. The van der Waals surface area contributed by atoms with Crippen molar-refractivity contribution in [3.05, 3.63) is 108 Å². The lowest BCUT2D eigenvalue weighted by Crippen LogP contribution is -2.29. The Morgan fingerprint density at radius 3 is 2.31 bits per heavy atom. The molecule has 0 atom stereocenters. The average Bonchev–Trinajstić information content (AvgIpc) is 3.17. The molecular formula is C29H19N3O4. The molecule has 7 nitrogen and oxygen atoms in total. The number of fused-ring (bicyclic) bond motifs is 2. The number of carbonyl (C=O) groups is 2. The number of methoxy groups -OCH3 is 1. The molecule has 1 aliphatic heterocycles. The zero-order chi connectivity index (χ0) is 24.6. The number of nitrogens with zero attached hydrogens (tertiary/aromatic N) is 3. The molecule has 0 saturated carbocycles. The van der Waals surface area contributed by atoms with Gasteiger partial charge >= 0.3 is 0 Å². The molecule has 2 amide bonds. The summed E-state index contributed by atoms with van der Waals surface area (Å²) >= 11 is 0. The van der Waals surface area contributed by atoms with E-state index in [-0.39, 0.29) is 11.5 Å². The van der Waals surface area contributed by atoms with Crippen LogP contribution in [-0.4, -0.2) is 28.9 Å². The van der Waals surface area contributed by atoms with Gasteiger partial charge in [-0.25, -0.2) is 9.88 Å². The van der Waals surface area contributed by atoms with Crippen molar-refractivity contribution in [3.8, 4) is 28.5 Å². The van der Waals surface area contributed by atoms with E-state index in [0.29, 0.717) is 34.2 Å². The van der Waals surface area contributed by atoms with E-state index < -0.39 is 5.91 Å². The van der Waals surface area contributed by atoms with Gasteiger partial charge in [0.1, 0.15) is 5.75 Å². The van der Waals surface area contributed by atoms with Gasteiger partial charge in [0.2, 0.25) is 0 Å². The van der Waals surface area contributed by atoms with E-state index in [1.165, 1.54) is 4.90 Å². The van der Waals surface area contributed by atoms with Crippen LogP contribution < -0.4 is 14.4 Å². The lowest BCUT2D eigenvalue weighted by atomic mass is 10.1. The summed E-state index contributed by atoms with van der Waals surface area (Å²) in [6.07, 6.45) is 1.69. The van der Waals surface area contributed by atoms with Gasteiger partial charge in [0.15, 0.2) is 11.5 Å². The van der Waals surface area contributed by atoms with Crippen LogP contribution in [0.5, 0.6) is 17.2 Å². The lowest BCUT2D eigenvalue weighted by Gasteiger charge is -2.15. The molecule has 0 bridgehead atoms. The predicted molar refractivity (Wildman–Crippen MR) is 136 cm³/mol. The molecule has 0 aliphatic carbocycles. The smallest absolute Gasteiger partial charge is 0.266 e. The summed E-state index contributed by atoms with van der Waals surface area (Å²) in [4.78, 5) is 36.9. The number of carbonyl (C=O) groups excluding carboxylic acids is 2. The molecule has 36 heavy (non-hydrogen) atoms. The van der Waals surface area contributed by atoms with Crippen molar-refractivity contribution in [1.82, 2.24) is 9.97 Å². The number of para-hydroxylation sites is 4. The van der Waals surface area contributed by atoms with E-state index in [4.69, 9.17) is 9.47 Å². The number of aromatic nitrogens is 2. The van der Waals surface area contributed by atoms with E-state index in [1.807, 2.05) is 42.5 Å². The van der Waals surface area contributed by atoms with Gasteiger partial charge in [0.25, 0.3) is 11.8 Å². The second kappa shape index (κ2) is 8.63. The Kier molecular flexibility index (Phi) is 5.15. The number of amides is 2. The molecule has 0 saturated heterocycles. The van der Waals surface area contributed by atoms with Gasteiger partial charge in [-0.15, -0.1) is 0 Å². The summed E-state index contributed by atoms with van der Waals surface area (Å²) in [5, 5.41) is 0. The highest BCUT2D eigenvalue weighted by molar-refractivity contribution is 6.34. The minimum absolute atomic E-state index is 0.281. The first-order valence-corrected chi connectivity index (χ1v) is 11.3. The van der Waals surface area contributed by atoms with Crippen LogP contribution in [-0.2, 0) is 0 Å². The minimum atomic E-state index is -0.415. The van der Waals surface area contributed by atoms with Crippen LogP contribution in [0.1, 0.15) is 20.7 Å². The largest absolute Gasteiger partial charge is 0.493 e. The van der Waals surface area contributed by atoms with Gasteiger partial charge in [-0.05, 0) is 54.6 Å². The number of anilines is 1. The Balaban J connectivity index is 1.32. The number of imide groups is 1. The number of hydrogen-bond acceptors (Lipinski definition) is 6. The molecule has 6 rings (SSSR count). The normalized spacial score (nSPS) is 12.6. The van der Waals surface area contributed by atoms with E-state index in [9.17, 15) is 9.59 Å². The van der Waals surface area contributed by atoms with Gasteiger partial charge in [-0.3, -0.25) is 14.6 Å². The van der Waals surface area contributed by atoms with Crippen molar-refractivity contribution in [2.24, 2.45) is 0 Å². The first kappa shape index (κ1) is 21.5. The fourth-order valence-electron chi connectivity index (χ4n) is 4.25. The lowest BCUT2D eigenvalue weighted by molar-refractivity contribution is 0.0926. The third-order valence-electron chi connectivity index (χ3n) is 6.00. The molecule has 4 aromatic carbocycles. The molecule has 2 heterocycles. The van der Waals surface area contributed by atoms with E-state index in [0.717, 1.165) is 16.6 Å². The maximum absolute atomic E-state index is 13.4. The Bertz CT molecular complexity index is 1660. The van der Waals surface area contributed by atoms with Crippen LogP contribution in [0.2, 0.25) is 0 Å². The highest BCUT2D eigenvalue weighted by Gasteiger charge is 2.37. The summed E-state index contributed by atoms with van der Waals surface area (Å²) in [6.45, 7) is 0. The van der Waals surface area contributed by atoms with Gasteiger partial charge in [-0.1, -0.05) is 36.4 Å². The number of hydrogen-bond donors (Lipinski definition) is 0. The molecule has 5 aromatic rings. The highest BCUT2D eigenvalue weighted by Crippen LogP contribution is 2.36. The molecule has 1 aliphatic rings. The van der Waals surface area contributed by atoms with Gasteiger partial charge in [0, 0.05) is 5.56 Å². The number of rotatable bonds is 5. The van der Waals surface area contributed by atoms with Gasteiger partial charge in [-0.2, -0.15) is 0 Å². The summed E-state index contributed by atoms with van der Waals surface area (Å²) in [6, 6.07) is 26.9. The molecule has 0 spiro atoms. The maximum Gasteiger partial charge on any atom is 0.266 e. The Morgan fingerprint density at radius 2 is 1.47 bits per heavy atom. The summed E-state index contributed by atoms with van der Waals surface area (Å²) in [7, 11) is 1.56. The Labute approximate surface area is 206 Å². The Hall–Kier alpha value is -5.04. The fraction of sp³-hybridized carbons (Fsp3) is 0.0345. The second-order valence-corrected chi connectivity index (χ2v) is 8.20. The van der Waals surface area contributed by atoms with Crippen molar-refractivity contribution in [3.63, 3.8) is 0 Å². The molecule has 7 heteroatoms. The maximum atomic E-state index is 13.4. The van der Waals surface area contributed by atoms with Gasteiger partial charge < -0.3 is 9.47 Å². The first-order valence-electron chi connectivity index (χ1n) is 11.3. The molecule has 0 unspecified atom stereocenters. The van der Waals surface area contributed by atoms with Crippen LogP contribution in [0, 0.1) is 0 Å². The van der Waals surface area contributed by atoms with Crippen LogP contribution in [0.3, 0.4) is 0 Å². The molecule has 0 radical (unpaired) electrons. The van der Waals surface area contributed by atoms with E-state index in [1.54, 1.807) is 61.8 Å². The quantitative estimate of drug-likeness (QED) is 0.296. The van der Waals surface area contributed by atoms with Crippen molar-refractivity contribution in [2.75, 3.05) is 12.0 Å². The SMILES string of the molecule is COc1ccccc1Oc1ccc2c(c1)C(=O)N(c1cccc(-c3cnc4ccccc4n3)c1)C2=O. The summed E-state index contributed by atoms with van der Waals surface area (Å²) in [5.74, 6) is 0.706. The second-order valence-electron chi connectivity index (χ2n) is 8.20.